The van der Waals surface area contributed by atoms with E-state index in [-0.39, 0.29) is 5.91 Å². The molecule has 1 amide bonds. The molecule has 0 aromatic carbocycles. The first-order valence-corrected chi connectivity index (χ1v) is 8.68. The molecule has 4 fully saturated rings. The van der Waals surface area contributed by atoms with Gasteiger partial charge in [0.15, 0.2) is 0 Å². The third-order valence-corrected chi connectivity index (χ3v) is 6.42. The van der Waals surface area contributed by atoms with Crippen molar-refractivity contribution in [3.05, 3.63) is 15.5 Å². The van der Waals surface area contributed by atoms with E-state index >= 15 is 0 Å². The summed E-state index contributed by atoms with van der Waals surface area (Å²) in [5.74, 6) is 3.40. The van der Waals surface area contributed by atoms with E-state index in [1.807, 2.05) is 7.05 Å². The van der Waals surface area contributed by atoms with Crippen LogP contribution in [0.2, 0.25) is 0 Å². The van der Waals surface area contributed by atoms with Crippen LogP contribution in [0.1, 0.15) is 42.6 Å². The number of nitrogens with zero attached hydrogens (tertiary/aromatic N) is 2. The number of carbonyl (C=O) groups excluding carboxylic acids is 1. The van der Waals surface area contributed by atoms with Crippen LogP contribution in [-0.4, -0.2) is 21.7 Å². The highest BCUT2D eigenvalue weighted by molar-refractivity contribution is 14.1. The topological polar surface area (TPSA) is 46.9 Å². The number of amides is 1. The zero-order valence-electron chi connectivity index (χ0n) is 11.7. The summed E-state index contributed by atoms with van der Waals surface area (Å²) in [5.41, 5.74) is 0.708. The molecule has 1 aromatic heterocycles. The molecule has 4 saturated carbocycles. The minimum absolute atomic E-state index is 0.0619. The summed E-state index contributed by atoms with van der Waals surface area (Å²) in [6.45, 7) is 0. The van der Waals surface area contributed by atoms with Crippen LogP contribution in [-0.2, 0) is 7.05 Å². The highest BCUT2D eigenvalue weighted by Gasteiger charge is 2.48. The second-order valence-corrected chi connectivity index (χ2v) is 8.06. The highest BCUT2D eigenvalue weighted by atomic mass is 127. The molecule has 0 saturated heterocycles. The van der Waals surface area contributed by atoms with Crippen molar-refractivity contribution in [3.63, 3.8) is 0 Å². The second-order valence-electron chi connectivity index (χ2n) is 6.89. The number of aryl methyl sites for hydroxylation is 1. The van der Waals surface area contributed by atoms with E-state index in [4.69, 9.17) is 0 Å². The van der Waals surface area contributed by atoms with Crippen molar-refractivity contribution in [2.75, 3.05) is 0 Å². The average Bonchev–Trinajstić information content (AvgIpc) is 2.72. The van der Waals surface area contributed by atoms with Crippen LogP contribution in [0.4, 0.5) is 0 Å². The Labute approximate surface area is 132 Å². The number of hydrogen-bond acceptors (Lipinski definition) is 2. The van der Waals surface area contributed by atoms with E-state index in [1.165, 1.54) is 32.1 Å². The molecule has 5 rings (SSSR count). The first kappa shape index (κ1) is 13.1. The summed E-state index contributed by atoms with van der Waals surface area (Å²) in [4.78, 5) is 12.6. The van der Waals surface area contributed by atoms with Crippen LogP contribution in [0, 0.1) is 27.2 Å². The Morgan fingerprint density at radius 1 is 1.25 bits per heavy atom. The van der Waals surface area contributed by atoms with Gasteiger partial charge in [0.05, 0.1) is 9.77 Å². The Balaban J connectivity index is 1.53. The number of hydrogen-bond donors (Lipinski definition) is 1. The van der Waals surface area contributed by atoms with Crippen LogP contribution >= 0.6 is 22.6 Å². The molecule has 4 aliphatic rings. The van der Waals surface area contributed by atoms with Crippen molar-refractivity contribution in [2.24, 2.45) is 30.7 Å². The Morgan fingerprint density at radius 3 is 2.35 bits per heavy atom. The van der Waals surface area contributed by atoms with Gasteiger partial charge in [0.1, 0.15) is 5.69 Å². The quantitative estimate of drug-likeness (QED) is 0.796. The third-order valence-electron chi connectivity index (χ3n) is 5.63. The maximum atomic E-state index is 12.6. The van der Waals surface area contributed by atoms with Crippen molar-refractivity contribution < 1.29 is 4.79 Å². The third kappa shape index (κ3) is 2.00. The molecule has 0 aliphatic heterocycles. The van der Waals surface area contributed by atoms with Crippen molar-refractivity contribution in [1.29, 1.82) is 0 Å². The summed E-state index contributed by atoms with van der Waals surface area (Å²) in [6, 6.07) is 0.404. The smallest absolute Gasteiger partial charge is 0.270 e. The summed E-state index contributed by atoms with van der Waals surface area (Å²) in [7, 11) is 1.84. The minimum atomic E-state index is 0.0619. The minimum Gasteiger partial charge on any atom is -0.347 e. The van der Waals surface area contributed by atoms with Crippen LogP contribution in [0.15, 0.2) is 6.20 Å². The fourth-order valence-corrected chi connectivity index (χ4v) is 5.77. The Hall–Kier alpha value is -0.590. The molecular formula is C15H20IN3O. The monoisotopic (exact) mass is 385 g/mol. The van der Waals surface area contributed by atoms with Gasteiger partial charge in [-0.3, -0.25) is 9.48 Å². The number of rotatable bonds is 2. The maximum Gasteiger partial charge on any atom is 0.270 e. The van der Waals surface area contributed by atoms with E-state index in [9.17, 15) is 4.79 Å². The number of halogens is 1. The number of aromatic nitrogens is 2. The fourth-order valence-electron chi connectivity index (χ4n) is 5.05. The van der Waals surface area contributed by atoms with E-state index in [1.54, 1.807) is 10.9 Å². The van der Waals surface area contributed by atoms with Gasteiger partial charge in [-0.1, -0.05) is 0 Å². The van der Waals surface area contributed by atoms with Gasteiger partial charge in [0.25, 0.3) is 5.91 Å². The summed E-state index contributed by atoms with van der Waals surface area (Å²) >= 11 is 2.19. The molecular weight excluding hydrogens is 365 g/mol. The van der Waals surface area contributed by atoms with Gasteiger partial charge < -0.3 is 5.32 Å². The second kappa shape index (κ2) is 4.71. The lowest BCUT2D eigenvalue weighted by atomic mass is 9.54. The lowest BCUT2D eigenvalue weighted by Crippen LogP contribution is -2.56. The molecule has 1 aromatic rings. The molecule has 1 heterocycles. The molecule has 0 atom stereocenters. The molecule has 5 heteroatoms. The van der Waals surface area contributed by atoms with Gasteiger partial charge >= 0.3 is 0 Å². The standard InChI is InChI=1S/C15H20IN3O/c1-19-14(12(16)7-17-19)15(20)18-13-10-3-8-2-9(5-10)6-11(13)4-8/h7-11,13H,2-6H2,1H3,(H,18,20). The van der Waals surface area contributed by atoms with E-state index < -0.39 is 0 Å². The average molecular weight is 385 g/mol. The molecule has 4 bridgehead atoms. The number of carbonyl (C=O) groups is 1. The van der Waals surface area contributed by atoms with Gasteiger partial charge in [0, 0.05) is 13.1 Å². The Morgan fingerprint density at radius 2 is 1.85 bits per heavy atom. The van der Waals surface area contributed by atoms with Gasteiger partial charge in [-0.05, 0) is 78.4 Å². The van der Waals surface area contributed by atoms with E-state index in [0.29, 0.717) is 11.7 Å². The van der Waals surface area contributed by atoms with Gasteiger partial charge in [-0.25, -0.2) is 0 Å². The highest BCUT2D eigenvalue weighted by Crippen LogP contribution is 2.53. The van der Waals surface area contributed by atoms with Crippen molar-refractivity contribution >= 4 is 28.5 Å². The predicted molar refractivity (Wildman–Crippen MR) is 84.2 cm³/mol. The fraction of sp³-hybridized carbons (Fsp3) is 0.733. The van der Waals surface area contributed by atoms with Crippen molar-refractivity contribution in [2.45, 2.75) is 38.1 Å². The van der Waals surface area contributed by atoms with Gasteiger partial charge in [-0.2, -0.15) is 5.10 Å². The first-order chi connectivity index (χ1) is 9.61. The molecule has 0 spiro atoms. The zero-order chi connectivity index (χ0) is 13.9. The summed E-state index contributed by atoms with van der Waals surface area (Å²) in [5, 5.41) is 7.51. The molecule has 108 valence electrons. The lowest BCUT2D eigenvalue weighted by Gasteiger charge is -2.54. The molecule has 1 N–H and O–H groups in total. The van der Waals surface area contributed by atoms with Crippen LogP contribution in [0.3, 0.4) is 0 Å². The largest absolute Gasteiger partial charge is 0.347 e. The van der Waals surface area contributed by atoms with Crippen LogP contribution in [0.25, 0.3) is 0 Å². The van der Waals surface area contributed by atoms with E-state index in [2.05, 4.69) is 33.0 Å². The zero-order valence-corrected chi connectivity index (χ0v) is 13.8. The first-order valence-electron chi connectivity index (χ1n) is 7.60. The predicted octanol–water partition coefficient (Wildman–Crippen LogP) is 2.58. The van der Waals surface area contributed by atoms with Crippen molar-refractivity contribution in [1.82, 2.24) is 15.1 Å². The Bertz CT molecular complexity index is 506. The number of nitrogens with one attached hydrogen (secondary N) is 1. The van der Waals surface area contributed by atoms with Gasteiger partial charge in [-0.15, -0.1) is 0 Å². The van der Waals surface area contributed by atoms with Crippen molar-refractivity contribution in [3.8, 4) is 0 Å². The summed E-state index contributed by atoms with van der Waals surface area (Å²) < 4.78 is 2.62. The SMILES string of the molecule is Cn1ncc(I)c1C(=O)NC1C2CC3CC(C2)CC1C3. The summed E-state index contributed by atoms with van der Waals surface area (Å²) in [6.07, 6.45) is 8.54. The lowest BCUT2D eigenvalue weighted by molar-refractivity contribution is -0.0120. The molecule has 4 nitrogen and oxygen atoms in total. The molecule has 0 unspecified atom stereocenters. The van der Waals surface area contributed by atoms with Crippen LogP contribution in [0.5, 0.6) is 0 Å². The Kier molecular flexibility index (Phi) is 3.09. The van der Waals surface area contributed by atoms with E-state index in [0.717, 1.165) is 27.2 Å². The van der Waals surface area contributed by atoms with Crippen LogP contribution < -0.4 is 5.32 Å². The molecule has 4 aliphatic carbocycles. The molecule has 20 heavy (non-hydrogen) atoms. The molecule has 0 radical (unpaired) electrons. The normalized spacial score (nSPS) is 38.2. The van der Waals surface area contributed by atoms with Gasteiger partial charge in [0.2, 0.25) is 0 Å². The maximum absolute atomic E-state index is 12.6.